The molecule has 0 aliphatic rings. The van der Waals surface area contributed by atoms with Gasteiger partial charge in [-0.25, -0.2) is 22.9 Å². The molecule has 0 radical (unpaired) electrons. The highest BCUT2D eigenvalue weighted by Crippen LogP contribution is 2.32. The molecule has 0 unspecified atom stereocenters. The van der Waals surface area contributed by atoms with E-state index in [0.29, 0.717) is 28.2 Å². The largest absolute Gasteiger partial charge is 0.441 e. The number of amides is 2. The minimum Gasteiger partial charge on any atom is -0.441 e. The molecule has 0 spiro atoms. The van der Waals surface area contributed by atoms with Gasteiger partial charge in [0.2, 0.25) is 10.0 Å². The van der Waals surface area contributed by atoms with E-state index in [4.69, 9.17) is 4.42 Å². The van der Waals surface area contributed by atoms with Crippen molar-refractivity contribution in [2.75, 3.05) is 5.32 Å². The molecule has 0 atom stereocenters. The third-order valence-electron chi connectivity index (χ3n) is 4.78. The van der Waals surface area contributed by atoms with Gasteiger partial charge in [-0.2, -0.15) is 0 Å². The van der Waals surface area contributed by atoms with Gasteiger partial charge in [-0.05, 0) is 40.7 Å². The van der Waals surface area contributed by atoms with E-state index in [-0.39, 0.29) is 17.6 Å². The maximum absolute atomic E-state index is 12.6. The van der Waals surface area contributed by atoms with Crippen LogP contribution in [0.3, 0.4) is 0 Å². The zero-order chi connectivity index (χ0) is 22.1. The summed E-state index contributed by atoms with van der Waals surface area (Å²) in [4.78, 5) is 16.8. The van der Waals surface area contributed by atoms with Crippen molar-refractivity contribution in [3.8, 4) is 0 Å². The van der Waals surface area contributed by atoms with Crippen molar-refractivity contribution >= 4 is 32.8 Å². The monoisotopic (exact) mass is 429 g/mol. The fraction of sp³-hybridized carbons (Fsp3) is 0.364. The molecule has 0 aliphatic heterocycles. The molecule has 3 rings (SSSR count). The van der Waals surface area contributed by atoms with Crippen LogP contribution >= 0.6 is 0 Å². The number of hydrogen-bond donors (Lipinski definition) is 2. The molecule has 8 heteroatoms. The quantitative estimate of drug-likeness (QED) is 0.572. The molecule has 1 heterocycles. The fourth-order valence-corrected chi connectivity index (χ4v) is 4.43. The van der Waals surface area contributed by atoms with E-state index in [1.165, 1.54) is 0 Å². The number of aromatic nitrogens is 1. The Labute approximate surface area is 176 Å². The highest BCUT2D eigenvalue weighted by molar-refractivity contribution is 7.89. The molecule has 1 aromatic heterocycles. The second kappa shape index (κ2) is 8.47. The molecule has 30 heavy (non-hydrogen) atoms. The zero-order valence-electron chi connectivity index (χ0n) is 17.8. The molecule has 2 N–H and O–H groups in total. The van der Waals surface area contributed by atoms with E-state index in [1.807, 2.05) is 45.9 Å². The normalized spacial score (nSPS) is 12.0. The number of para-hydroxylation sites is 1. The molecular formula is C22H27N3O4S. The number of carbonyl (C=O) groups is 1. The molecule has 7 nitrogen and oxygen atoms in total. The zero-order valence-corrected chi connectivity index (χ0v) is 18.6. The van der Waals surface area contributed by atoms with Gasteiger partial charge < -0.3 is 9.73 Å². The van der Waals surface area contributed by atoms with Gasteiger partial charge in [0.25, 0.3) is 0 Å². The van der Waals surface area contributed by atoms with Gasteiger partial charge in [-0.3, -0.25) is 0 Å². The van der Waals surface area contributed by atoms with Crippen molar-refractivity contribution in [3.63, 3.8) is 0 Å². The molecule has 0 fully saturated rings. The number of nitrogens with zero attached hydrogens (tertiary/aromatic N) is 1. The second-order valence-electron chi connectivity index (χ2n) is 7.97. The minimum absolute atomic E-state index is 0.174. The maximum Gasteiger partial charge on any atom is 0.332 e. The first kappa shape index (κ1) is 21.8. The van der Waals surface area contributed by atoms with Crippen molar-refractivity contribution in [1.29, 1.82) is 0 Å². The number of sulfonamides is 1. The number of hydrogen-bond acceptors (Lipinski definition) is 5. The fourth-order valence-electron chi connectivity index (χ4n) is 3.41. The maximum atomic E-state index is 12.6. The average molecular weight is 430 g/mol. The van der Waals surface area contributed by atoms with E-state index in [9.17, 15) is 13.2 Å². The average Bonchev–Trinajstić information content (AvgIpc) is 2.99. The summed E-state index contributed by atoms with van der Waals surface area (Å²) in [6.45, 7) is 9.84. The Bertz CT molecular complexity index is 1150. The first-order valence-electron chi connectivity index (χ1n) is 9.86. The topological polar surface area (TPSA) is 101 Å². The van der Waals surface area contributed by atoms with E-state index in [0.717, 1.165) is 11.1 Å². The van der Waals surface area contributed by atoms with Crippen LogP contribution in [0.25, 0.3) is 11.1 Å². The summed E-state index contributed by atoms with van der Waals surface area (Å²) in [5.74, 6) is 0.513. The Morgan fingerprint density at radius 1 is 1.07 bits per heavy atom. The van der Waals surface area contributed by atoms with Gasteiger partial charge in [0.15, 0.2) is 11.5 Å². The molecule has 0 saturated heterocycles. The molecule has 0 aliphatic carbocycles. The van der Waals surface area contributed by atoms with Crippen LogP contribution in [-0.4, -0.2) is 19.4 Å². The summed E-state index contributed by atoms with van der Waals surface area (Å²) in [5, 5.41) is 2.76. The minimum atomic E-state index is -3.90. The Balaban J connectivity index is 1.78. The number of benzene rings is 2. The highest BCUT2D eigenvalue weighted by atomic mass is 32.2. The van der Waals surface area contributed by atoms with E-state index in [2.05, 4.69) is 15.0 Å². The van der Waals surface area contributed by atoms with Crippen LogP contribution in [0, 0.1) is 6.92 Å². The summed E-state index contributed by atoms with van der Waals surface area (Å²) in [7, 11) is -3.90. The standard InChI is InChI=1S/C22H27N3O4S/c1-13(2)17-7-6-8-18(14(3)4)21(17)24-22(26)25-30(27,28)12-16-9-10-20-19(11-16)23-15(5)29-20/h6-11,13-14H,12H2,1-5H3,(H2,24,25,26). The summed E-state index contributed by atoms with van der Waals surface area (Å²) < 4.78 is 32.6. The number of fused-ring (bicyclic) bond motifs is 1. The van der Waals surface area contributed by atoms with Crippen LogP contribution < -0.4 is 10.0 Å². The van der Waals surface area contributed by atoms with Crippen LogP contribution in [0.15, 0.2) is 40.8 Å². The van der Waals surface area contributed by atoms with E-state index in [1.54, 1.807) is 25.1 Å². The third-order valence-corrected chi connectivity index (χ3v) is 5.99. The van der Waals surface area contributed by atoms with Crippen LogP contribution in [0.4, 0.5) is 10.5 Å². The first-order chi connectivity index (χ1) is 14.1. The Kier molecular flexibility index (Phi) is 6.17. The van der Waals surface area contributed by atoms with Gasteiger partial charge in [0, 0.05) is 12.6 Å². The molecule has 0 bridgehead atoms. The Morgan fingerprint density at radius 2 is 1.70 bits per heavy atom. The number of rotatable bonds is 6. The van der Waals surface area contributed by atoms with Crippen molar-refractivity contribution in [2.45, 2.75) is 52.2 Å². The summed E-state index contributed by atoms with van der Waals surface area (Å²) in [6.07, 6.45) is 0. The van der Waals surface area contributed by atoms with Crippen molar-refractivity contribution < 1.29 is 17.6 Å². The third kappa shape index (κ3) is 4.99. The molecule has 2 amide bonds. The number of anilines is 1. The second-order valence-corrected chi connectivity index (χ2v) is 9.69. The predicted octanol–water partition coefficient (Wildman–Crippen LogP) is 5.03. The van der Waals surface area contributed by atoms with Crippen LogP contribution in [0.1, 0.15) is 62.1 Å². The van der Waals surface area contributed by atoms with E-state index < -0.39 is 16.1 Å². The van der Waals surface area contributed by atoms with Gasteiger partial charge in [0.1, 0.15) is 5.52 Å². The SMILES string of the molecule is Cc1nc2cc(CS(=O)(=O)NC(=O)Nc3c(C(C)C)cccc3C(C)C)ccc2o1. The van der Waals surface area contributed by atoms with Gasteiger partial charge >= 0.3 is 6.03 Å². The lowest BCUT2D eigenvalue weighted by Gasteiger charge is -2.20. The van der Waals surface area contributed by atoms with Crippen LogP contribution in [0.2, 0.25) is 0 Å². The molecule has 2 aromatic carbocycles. The predicted molar refractivity (Wildman–Crippen MR) is 118 cm³/mol. The van der Waals surface area contributed by atoms with Crippen LogP contribution in [-0.2, 0) is 15.8 Å². The lowest BCUT2D eigenvalue weighted by atomic mass is 9.93. The summed E-state index contributed by atoms with van der Waals surface area (Å²) in [5.41, 5.74) is 4.26. The lowest BCUT2D eigenvalue weighted by molar-refractivity contribution is 0.256. The highest BCUT2D eigenvalue weighted by Gasteiger charge is 2.20. The number of carbonyl (C=O) groups excluding carboxylic acids is 1. The summed E-state index contributed by atoms with van der Waals surface area (Å²) in [6, 6.07) is 10.0. The molecular weight excluding hydrogens is 402 g/mol. The van der Waals surface area contributed by atoms with Crippen molar-refractivity contribution in [1.82, 2.24) is 9.71 Å². The number of oxazole rings is 1. The summed E-state index contributed by atoms with van der Waals surface area (Å²) >= 11 is 0. The van der Waals surface area contributed by atoms with Gasteiger partial charge in [0.05, 0.1) is 5.75 Å². The van der Waals surface area contributed by atoms with Crippen LogP contribution in [0.5, 0.6) is 0 Å². The Hall–Kier alpha value is -2.87. The van der Waals surface area contributed by atoms with Gasteiger partial charge in [-0.15, -0.1) is 0 Å². The lowest BCUT2D eigenvalue weighted by Crippen LogP contribution is -2.35. The van der Waals surface area contributed by atoms with Gasteiger partial charge in [-0.1, -0.05) is 52.0 Å². The van der Waals surface area contributed by atoms with Crippen molar-refractivity contribution in [3.05, 3.63) is 59.0 Å². The number of nitrogens with one attached hydrogen (secondary N) is 2. The first-order valence-corrected chi connectivity index (χ1v) is 11.5. The molecule has 160 valence electrons. The van der Waals surface area contributed by atoms with E-state index >= 15 is 0 Å². The molecule has 3 aromatic rings. The molecule has 0 saturated carbocycles. The number of aryl methyl sites for hydroxylation is 1. The number of urea groups is 1. The Morgan fingerprint density at radius 3 is 2.30 bits per heavy atom. The smallest absolute Gasteiger partial charge is 0.332 e. The van der Waals surface area contributed by atoms with Crippen molar-refractivity contribution in [2.24, 2.45) is 0 Å².